The van der Waals surface area contributed by atoms with Crippen LogP contribution in [0.15, 0.2) is 60.8 Å². The fourth-order valence-electron chi connectivity index (χ4n) is 2.89. The minimum Gasteiger partial charge on any atom is -0.497 e. The topological polar surface area (TPSA) is 99.6 Å². The van der Waals surface area contributed by atoms with Crippen molar-refractivity contribution in [1.29, 1.82) is 0 Å². The Hall–Kier alpha value is -3.36. The predicted octanol–water partition coefficient (Wildman–Crippen LogP) is 4.76. The first-order valence-corrected chi connectivity index (χ1v) is 10.8. The van der Waals surface area contributed by atoms with Gasteiger partial charge in [0.05, 0.1) is 24.4 Å². The van der Waals surface area contributed by atoms with Crippen molar-refractivity contribution in [3.8, 4) is 5.75 Å². The molecule has 0 bridgehead atoms. The summed E-state index contributed by atoms with van der Waals surface area (Å²) in [5.74, 6) is 1.32. The molecule has 0 fully saturated rings. The molecule has 1 atom stereocenters. The molecule has 1 heterocycles. The van der Waals surface area contributed by atoms with Gasteiger partial charge >= 0.3 is 6.03 Å². The van der Waals surface area contributed by atoms with Gasteiger partial charge in [-0.05, 0) is 56.7 Å². The zero-order chi connectivity index (χ0) is 24.0. The zero-order valence-electron chi connectivity index (χ0n) is 19.0. The van der Waals surface area contributed by atoms with Crippen molar-refractivity contribution in [2.45, 2.75) is 39.0 Å². The van der Waals surface area contributed by atoms with Crippen molar-refractivity contribution in [2.24, 2.45) is 0 Å². The third-order valence-electron chi connectivity index (χ3n) is 5.20. The van der Waals surface area contributed by atoms with Crippen molar-refractivity contribution < 1.29 is 14.6 Å². The van der Waals surface area contributed by atoms with Crippen LogP contribution in [0.3, 0.4) is 0 Å². The van der Waals surface area contributed by atoms with Gasteiger partial charge in [-0.3, -0.25) is 0 Å². The Morgan fingerprint density at radius 2 is 1.88 bits per heavy atom. The van der Waals surface area contributed by atoms with E-state index in [-0.39, 0.29) is 18.6 Å². The van der Waals surface area contributed by atoms with Crippen molar-refractivity contribution in [3.05, 3.63) is 71.4 Å². The van der Waals surface area contributed by atoms with Gasteiger partial charge in [0.15, 0.2) is 0 Å². The highest BCUT2D eigenvalue weighted by molar-refractivity contribution is 6.31. The van der Waals surface area contributed by atoms with Crippen LogP contribution in [0.2, 0.25) is 5.02 Å². The summed E-state index contributed by atoms with van der Waals surface area (Å²) in [6, 6.07) is 15.3. The SMILES string of the molecule is COc1ccc(N(C(=O)NCc2ccccc2Cl)c2ccnc(N[C@@H](C)C(C)(C)O)n2)cc1. The van der Waals surface area contributed by atoms with E-state index in [1.165, 1.54) is 4.90 Å². The van der Waals surface area contributed by atoms with Gasteiger partial charge in [-0.15, -0.1) is 0 Å². The molecular weight excluding hydrogens is 442 g/mol. The highest BCUT2D eigenvalue weighted by Crippen LogP contribution is 2.27. The number of aromatic nitrogens is 2. The molecule has 174 valence electrons. The maximum absolute atomic E-state index is 13.3. The molecule has 0 aliphatic carbocycles. The van der Waals surface area contributed by atoms with E-state index in [4.69, 9.17) is 16.3 Å². The number of methoxy groups -OCH3 is 1. The number of carbonyl (C=O) groups excluding carboxylic acids is 1. The monoisotopic (exact) mass is 469 g/mol. The predicted molar refractivity (Wildman–Crippen MR) is 130 cm³/mol. The number of anilines is 3. The molecule has 8 nitrogen and oxygen atoms in total. The molecular formula is C24H28ClN5O3. The first kappa shape index (κ1) is 24.3. The Morgan fingerprint density at radius 3 is 2.52 bits per heavy atom. The number of hydrogen-bond acceptors (Lipinski definition) is 6. The van der Waals surface area contributed by atoms with Crippen molar-refractivity contribution >= 4 is 35.1 Å². The lowest BCUT2D eigenvalue weighted by Gasteiger charge is -2.27. The molecule has 0 aliphatic heterocycles. The van der Waals surface area contributed by atoms with Crippen LogP contribution in [-0.4, -0.2) is 39.9 Å². The molecule has 2 aromatic carbocycles. The summed E-state index contributed by atoms with van der Waals surface area (Å²) in [5.41, 5.74) is 0.403. The lowest BCUT2D eigenvalue weighted by atomic mass is 10.0. The number of amides is 2. The summed E-state index contributed by atoms with van der Waals surface area (Å²) in [6.07, 6.45) is 1.56. The number of hydrogen-bond donors (Lipinski definition) is 3. The summed E-state index contributed by atoms with van der Waals surface area (Å²) in [5, 5.41) is 16.8. The number of nitrogens with one attached hydrogen (secondary N) is 2. The van der Waals surface area contributed by atoms with Crippen LogP contribution in [0.5, 0.6) is 5.75 Å². The van der Waals surface area contributed by atoms with Gasteiger partial charge in [0.2, 0.25) is 5.95 Å². The van der Waals surface area contributed by atoms with Gasteiger partial charge in [-0.1, -0.05) is 29.8 Å². The van der Waals surface area contributed by atoms with Gasteiger partial charge < -0.3 is 20.5 Å². The smallest absolute Gasteiger partial charge is 0.327 e. The summed E-state index contributed by atoms with van der Waals surface area (Å²) in [4.78, 5) is 23.5. The van der Waals surface area contributed by atoms with Gasteiger partial charge in [0, 0.05) is 23.8 Å². The van der Waals surface area contributed by atoms with Crippen LogP contribution in [0.25, 0.3) is 0 Å². The quantitative estimate of drug-likeness (QED) is 0.440. The number of halogens is 1. The number of aliphatic hydroxyl groups is 1. The molecule has 0 unspecified atom stereocenters. The Bertz CT molecular complexity index is 1090. The molecule has 3 rings (SSSR count). The van der Waals surface area contributed by atoms with E-state index in [0.29, 0.717) is 28.2 Å². The van der Waals surface area contributed by atoms with Crippen molar-refractivity contribution in [3.63, 3.8) is 0 Å². The average molecular weight is 470 g/mol. The van der Waals surface area contributed by atoms with Crippen LogP contribution in [-0.2, 0) is 6.54 Å². The second kappa shape index (κ2) is 10.5. The molecule has 0 saturated carbocycles. The number of ether oxygens (including phenoxy) is 1. The molecule has 1 aromatic heterocycles. The fourth-order valence-corrected chi connectivity index (χ4v) is 3.09. The lowest BCUT2D eigenvalue weighted by molar-refractivity contribution is 0.0646. The standard InChI is InChI=1S/C24H28ClN5O3/c1-16(24(2,3)32)28-22-26-14-13-21(29-22)30(18-9-11-19(33-4)12-10-18)23(31)27-15-17-7-5-6-8-20(17)25/h5-14,16,32H,15H2,1-4H3,(H,27,31)(H,26,28,29)/t16-/m0/s1. The molecule has 33 heavy (non-hydrogen) atoms. The Kier molecular flexibility index (Phi) is 7.73. The molecule has 2 amide bonds. The number of nitrogens with zero attached hydrogens (tertiary/aromatic N) is 3. The van der Waals surface area contributed by atoms with Crippen LogP contribution in [0.4, 0.5) is 22.2 Å². The Labute approximate surface area is 198 Å². The van der Waals surface area contributed by atoms with E-state index in [1.54, 1.807) is 63.6 Å². The van der Waals surface area contributed by atoms with Crippen LogP contribution < -0.4 is 20.3 Å². The minimum absolute atomic E-state index is 0.247. The molecule has 3 aromatic rings. The molecule has 3 N–H and O–H groups in total. The zero-order valence-corrected chi connectivity index (χ0v) is 19.8. The molecule has 9 heteroatoms. The highest BCUT2D eigenvalue weighted by Gasteiger charge is 2.24. The number of urea groups is 1. The molecule has 0 spiro atoms. The number of rotatable bonds is 8. The minimum atomic E-state index is -0.985. The molecule has 0 saturated heterocycles. The molecule has 0 aliphatic rings. The summed E-state index contributed by atoms with van der Waals surface area (Å²) in [6.45, 7) is 5.46. The van der Waals surface area contributed by atoms with Crippen LogP contribution in [0.1, 0.15) is 26.3 Å². The number of benzene rings is 2. The van der Waals surface area contributed by atoms with Crippen molar-refractivity contribution in [1.82, 2.24) is 15.3 Å². The lowest BCUT2D eigenvalue weighted by Crippen LogP contribution is -2.40. The Morgan fingerprint density at radius 1 is 1.18 bits per heavy atom. The summed E-state index contributed by atoms with van der Waals surface area (Å²) in [7, 11) is 1.58. The largest absolute Gasteiger partial charge is 0.497 e. The summed E-state index contributed by atoms with van der Waals surface area (Å²) >= 11 is 6.23. The second-order valence-corrected chi connectivity index (χ2v) is 8.45. The van der Waals surface area contributed by atoms with Crippen molar-refractivity contribution in [2.75, 3.05) is 17.3 Å². The van der Waals surface area contributed by atoms with Gasteiger partial charge in [0.25, 0.3) is 0 Å². The maximum Gasteiger partial charge on any atom is 0.327 e. The Balaban J connectivity index is 1.91. The maximum atomic E-state index is 13.3. The highest BCUT2D eigenvalue weighted by atomic mass is 35.5. The van der Waals surface area contributed by atoms with E-state index < -0.39 is 5.60 Å². The van der Waals surface area contributed by atoms with E-state index in [9.17, 15) is 9.90 Å². The van der Waals surface area contributed by atoms with E-state index in [0.717, 1.165) is 5.56 Å². The van der Waals surface area contributed by atoms with Gasteiger partial charge in [-0.25, -0.2) is 14.7 Å². The first-order chi connectivity index (χ1) is 15.7. The summed E-state index contributed by atoms with van der Waals surface area (Å²) < 4.78 is 5.24. The van der Waals surface area contributed by atoms with E-state index in [1.807, 2.05) is 25.1 Å². The first-order valence-electron chi connectivity index (χ1n) is 10.5. The average Bonchev–Trinajstić information content (AvgIpc) is 2.79. The normalized spacial score (nSPS) is 12.1. The van der Waals surface area contributed by atoms with Crippen LogP contribution in [0, 0.1) is 0 Å². The van der Waals surface area contributed by atoms with Gasteiger partial charge in [-0.2, -0.15) is 4.98 Å². The third-order valence-corrected chi connectivity index (χ3v) is 5.57. The fraction of sp³-hybridized carbons (Fsp3) is 0.292. The second-order valence-electron chi connectivity index (χ2n) is 8.04. The van der Waals surface area contributed by atoms with E-state index in [2.05, 4.69) is 20.6 Å². The van der Waals surface area contributed by atoms with Gasteiger partial charge in [0.1, 0.15) is 11.6 Å². The third kappa shape index (κ3) is 6.34. The molecule has 0 radical (unpaired) electrons. The van der Waals surface area contributed by atoms with E-state index >= 15 is 0 Å². The number of carbonyl (C=O) groups is 1. The van der Waals surface area contributed by atoms with Crippen LogP contribution >= 0.6 is 11.6 Å².